The van der Waals surface area contributed by atoms with E-state index in [0.717, 1.165) is 16.7 Å². The highest BCUT2D eigenvalue weighted by Gasteiger charge is 2.29. The van der Waals surface area contributed by atoms with Crippen molar-refractivity contribution >= 4 is 9.84 Å². The maximum Gasteiger partial charge on any atom is 0.151 e. The van der Waals surface area contributed by atoms with Gasteiger partial charge in [-0.15, -0.1) is 0 Å². The van der Waals surface area contributed by atoms with Crippen molar-refractivity contribution in [2.75, 3.05) is 12.8 Å². The molecule has 1 N–H and O–H groups in total. The third-order valence-electron chi connectivity index (χ3n) is 3.44. The SMILES string of the molecule is CCNC(c1c(C)cc(F)cc1C)C(C)S(C)(=O)=O. The van der Waals surface area contributed by atoms with Crippen molar-refractivity contribution in [2.45, 2.75) is 39.0 Å². The molecule has 0 bridgehead atoms. The Hall–Kier alpha value is -0.940. The Morgan fingerprint density at radius 1 is 1.26 bits per heavy atom. The summed E-state index contributed by atoms with van der Waals surface area (Å²) in [7, 11) is -3.17. The topological polar surface area (TPSA) is 46.2 Å². The van der Waals surface area contributed by atoms with Gasteiger partial charge in [0, 0.05) is 12.3 Å². The fourth-order valence-corrected chi connectivity index (χ4v) is 3.11. The minimum atomic E-state index is -3.17. The number of aryl methyl sites for hydroxylation is 2. The summed E-state index contributed by atoms with van der Waals surface area (Å²) >= 11 is 0. The van der Waals surface area contributed by atoms with Crippen LogP contribution in [0.1, 0.15) is 36.6 Å². The van der Waals surface area contributed by atoms with Gasteiger partial charge in [0.05, 0.1) is 5.25 Å². The van der Waals surface area contributed by atoms with Crippen LogP contribution in [0.5, 0.6) is 0 Å². The van der Waals surface area contributed by atoms with Gasteiger partial charge in [-0.1, -0.05) is 6.92 Å². The molecule has 0 spiro atoms. The lowest BCUT2D eigenvalue weighted by Crippen LogP contribution is -2.36. The van der Waals surface area contributed by atoms with Crippen molar-refractivity contribution in [3.05, 3.63) is 34.6 Å². The third-order valence-corrected chi connectivity index (χ3v) is 5.06. The van der Waals surface area contributed by atoms with Gasteiger partial charge in [-0.25, -0.2) is 12.8 Å². The van der Waals surface area contributed by atoms with E-state index in [9.17, 15) is 12.8 Å². The molecule has 1 aromatic rings. The Morgan fingerprint density at radius 2 is 1.74 bits per heavy atom. The van der Waals surface area contributed by atoms with Crippen LogP contribution in [0.15, 0.2) is 12.1 Å². The standard InChI is InChI=1S/C14H22FNO2S/c1-6-16-14(11(4)19(5,17)18)13-9(2)7-12(15)8-10(13)3/h7-8,11,14,16H,6H2,1-5H3. The normalized spacial score (nSPS) is 15.3. The number of hydrogen-bond donors (Lipinski definition) is 1. The van der Waals surface area contributed by atoms with Crippen LogP contribution in [0, 0.1) is 19.7 Å². The molecule has 0 amide bonds. The van der Waals surface area contributed by atoms with Crippen LogP contribution in [0.25, 0.3) is 0 Å². The van der Waals surface area contributed by atoms with E-state index in [0.29, 0.717) is 6.54 Å². The zero-order valence-electron chi connectivity index (χ0n) is 12.1. The molecule has 0 saturated carbocycles. The summed E-state index contributed by atoms with van der Waals surface area (Å²) in [5.74, 6) is -0.291. The van der Waals surface area contributed by atoms with E-state index < -0.39 is 15.1 Å². The van der Waals surface area contributed by atoms with Crippen LogP contribution in [0.2, 0.25) is 0 Å². The van der Waals surface area contributed by atoms with Gasteiger partial charge >= 0.3 is 0 Å². The van der Waals surface area contributed by atoms with Crippen LogP contribution >= 0.6 is 0 Å². The number of sulfone groups is 1. The van der Waals surface area contributed by atoms with Crippen LogP contribution in [0.4, 0.5) is 4.39 Å². The molecule has 5 heteroatoms. The monoisotopic (exact) mass is 287 g/mol. The molecule has 3 nitrogen and oxygen atoms in total. The minimum Gasteiger partial charge on any atom is -0.309 e. The molecule has 0 aliphatic heterocycles. The Bertz CT molecular complexity index is 532. The van der Waals surface area contributed by atoms with Crippen LogP contribution in [-0.4, -0.2) is 26.5 Å². The zero-order valence-corrected chi connectivity index (χ0v) is 12.9. The van der Waals surface area contributed by atoms with Crippen molar-refractivity contribution in [3.8, 4) is 0 Å². The second-order valence-corrected chi connectivity index (χ2v) is 7.43. The maximum atomic E-state index is 13.4. The van der Waals surface area contributed by atoms with Crippen molar-refractivity contribution in [1.82, 2.24) is 5.32 Å². The Morgan fingerprint density at radius 3 is 2.11 bits per heavy atom. The van der Waals surface area contributed by atoms with Crippen molar-refractivity contribution < 1.29 is 12.8 Å². The molecule has 0 radical (unpaired) electrons. The Kier molecular flexibility index (Phi) is 5.10. The molecule has 0 aromatic heterocycles. The zero-order chi connectivity index (χ0) is 14.8. The van der Waals surface area contributed by atoms with Gasteiger partial charge in [0.2, 0.25) is 0 Å². The highest BCUT2D eigenvalue weighted by Crippen LogP contribution is 2.28. The molecule has 0 saturated heterocycles. The molecule has 0 aliphatic rings. The van der Waals surface area contributed by atoms with Gasteiger partial charge in [-0.3, -0.25) is 0 Å². The second-order valence-electron chi connectivity index (χ2n) is 5.02. The average Bonchev–Trinajstić information content (AvgIpc) is 2.24. The number of halogens is 1. The lowest BCUT2D eigenvalue weighted by atomic mass is 9.94. The van der Waals surface area contributed by atoms with Crippen molar-refractivity contribution in [2.24, 2.45) is 0 Å². The lowest BCUT2D eigenvalue weighted by Gasteiger charge is -2.27. The quantitative estimate of drug-likeness (QED) is 0.905. The summed E-state index contributed by atoms with van der Waals surface area (Å²) in [6.07, 6.45) is 1.23. The third kappa shape index (κ3) is 3.76. The fraction of sp³-hybridized carbons (Fsp3) is 0.571. The van der Waals surface area contributed by atoms with Crippen molar-refractivity contribution in [1.29, 1.82) is 0 Å². The number of hydrogen-bond acceptors (Lipinski definition) is 3. The lowest BCUT2D eigenvalue weighted by molar-refractivity contribution is 0.508. The van der Waals surface area contributed by atoms with Gasteiger partial charge in [0.25, 0.3) is 0 Å². The summed E-state index contributed by atoms with van der Waals surface area (Å²) in [4.78, 5) is 0. The molecule has 0 aliphatic carbocycles. The molecule has 2 atom stereocenters. The largest absolute Gasteiger partial charge is 0.309 e. The van der Waals surface area contributed by atoms with Gasteiger partial charge in [0.15, 0.2) is 9.84 Å². The van der Waals surface area contributed by atoms with Crippen LogP contribution in [0.3, 0.4) is 0 Å². The number of nitrogens with one attached hydrogen (secondary N) is 1. The van der Waals surface area contributed by atoms with Crippen LogP contribution in [-0.2, 0) is 9.84 Å². The van der Waals surface area contributed by atoms with E-state index >= 15 is 0 Å². The first kappa shape index (κ1) is 16.1. The molecule has 2 unspecified atom stereocenters. The summed E-state index contributed by atoms with van der Waals surface area (Å²) < 4.78 is 36.9. The predicted octanol–water partition coefficient (Wildman–Crippen LogP) is 2.53. The van der Waals surface area contributed by atoms with Crippen LogP contribution < -0.4 is 5.32 Å². The highest BCUT2D eigenvalue weighted by atomic mass is 32.2. The van der Waals surface area contributed by atoms with E-state index in [4.69, 9.17) is 0 Å². The molecular weight excluding hydrogens is 265 g/mol. The molecule has 0 fully saturated rings. The first-order chi connectivity index (χ1) is 8.68. The molecule has 1 aromatic carbocycles. The average molecular weight is 287 g/mol. The first-order valence-electron chi connectivity index (χ1n) is 6.37. The minimum absolute atomic E-state index is 0.291. The van der Waals surface area contributed by atoms with E-state index in [1.165, 1.54) is 18.4 Å². The molecule has 19 heavy (non-hydrogen) atoms. The summed E-state index contributed by atoms with van der Waals surface area (Å²) in [5.41, 5.74) is 2.43. The number of benzene rings is 1. The smallest absolute Gasteiger partial charge is 0.151 e. The number of rotatable bonds is 5. The van der Waals surface area contributed by atoms with E-state index in [1.807, 2.05) is 20.8 Å². The summed E-state index contributed by atoms with van der Waals surface area (Å²) in [5, 5.41) is 2.64. The Balaban J connectivity index is 3.35. The second kappa shape index (κ2) is 6.01. The molecule has 0 heterocycles. The molecule has 1 rings (SSSR count). The predicted molar refractivity (Wildman–Crippen MR) is 76.6 cm³/mol. The van der Waals surface area contributed by atoms with E-state index in [1.54, 1.807) is 6.92 Å². The van der Waals surface area contributed by atoms with Gasteiger partial charge in [0.1, 0.15) is 5.82 Å². The van der Waals surface area contributed by atoms with Gasteiger partial charge < -0.3 is 5.32 Å². The van der Waals surface area contributed by atoms with Crippen molar-refractivity contribution in [3.63, 3.8) is 0 Å². The molecule has 108 valence electrons. The van der Waals surface area contributed by atoms with E-state index in [-0.39, 0.29) is 11.9 Å². The first-order valence-corrected chi connectivity index (χ1v) is 8.32. The maximum absolute atomic E-state index is 13.4. The fourth-order valence-electron chi connectivity index (χ4n) is 2.38. The Labute approximate surface area is 115 Å². The van der Waals surface area contributed by atoms with Gasteiger partial charge in [-0.05, 0) is 56.1 Å². The summed E-state index contributed by atoms with van der Waals surface area (Å²) in [6.45, 7) is 7.89. The highest BCUT2D eigenvalue weighted by molar-refractivity contribution is 7.91. The van der Waals surface area contributed by atoms with Gasteiger partial charge in [-0.2, -0.15) is 0 Å². The van der Waals surface area contributed by atoms with E-state index in [2.05, 4.69) is 5.32 Å². The molecular formula is C14H22FNO2S. The summed E-state index contributed by atoms with van der Waals surface area (Å²) in [6, 6.07) is 2.57.